The number of thioether (sulfide) groups is 1. The summed E-state index contributed by atoms with van der Waals surface area (Å²) in [6, 6.07) is 1.65. The zero-order valence-corrected chi connectivity index (χ0v) is 11.8. The highest BCUT2D eigenvalue weighted by molar-refractivity contribution is 8.00. The average molecular weight is 242 g/mol. The highest BCUT2D eigenvalue weighted by Gasteiger charge is 2.32. The summed E-state index contributed by atoms with van der Waals surface area (Å²) < 4.78 is 0.470. The Morgan fingerprint density at radius 1 is 1.19 bits per heavy atom. The fraction of sp³-hybridized carbons (Fsp3) is 1.00. The Kier molecular flexibility index (Phi) is 4.20. The molecule has 3 heteroatoms. The number of rotatable bonds is 2. The van der Waals surface area contributed by atoms with Crippen LogP contribution in [0.1, 0.15) is 39.5 Å². The van der Waals surface area contributed by atoms with Crippen LogP contribution in [0.15, 0.2) is 0 Å². The van der Waals surface area contributed by atoms with Crippen LogP contribution in [-0.2, 0) is 0 Å². The normalized spacial score (nSPS) is 36.2. The van der Waals surface area contributed by atoms with E-state index >= 15 is 0 Å². The standard InChI is InChI=1S/C13H26N2S/c1-13(2)10-15(8-9-16-13)12-6-4-11(14-3)5-7-12/h11-12,14H,4-10H2,1-3H3. The predicted octanol–water partition coefficient (Wildman–Crippen LogP) is 2.34. The molecule has 0 unspecified atom stereocenters. The Labute approximate surface area is 105 Å². The van der Waals surface area contributed by atoms with Gasteiger partial charge in [-0.15, -0.1) is 0 Å². The zero-order chi connectivity index (χ0) is 11.6. The second kappa shape index (κ2) is 5.28. The molecule has 1 N–H and O–H groups in total. The van der Waals surface area contributed by atoms with Gasteiger partial charge in [-0.05, 0) is 46.6 Å². The number of hydrogen-bond acceptors (Lipinski definition) is 3. The summed E-state index contributed by atoms with van der Waals surface area (Å²) in [5, 5.41) is 3.42. The molecule has 2 nitrogen and oxygen atoms in total. The Bertz CT molecular complexity index is 222. The molecule has 0 aromatic rings. The molecule has 0 aromatic heterocycles. The minimum atomic E-state index is 0.470. The quantitative estimate of drug-likeness (QED) is 0.800. The Morgan fingerprint density at radius 2 is 1.88 bits per heavy atom. The largest absolute Gasteiger partial charge is 0.317 e. The van der Waals surface area contributed by atoms with Gasteiger partial charge < -0.3 is 5.32 Å². The summed E-state index contributed by atoms with van der Waals surface area (Å²) in [7, 11) is 2.10. The van der Waals surface area contributed by atoms with Crippen molar-refractivity contribution in [1.82, 2.24) is 10.2 Å². The molecule has 2 rings (SSSR count). The van der Waals surface area contributed by atoms with Gasteiger partial charge >= 0.3 is 0 Å². The summed E-state index contributed by atoms with van der Waals surface area (Å²) in [6.45, 7) is 7.38. The first kappa shape index (κ1) is 12.7. The summed E-state index contributed by atoms with van der Waals surface area (Å²) in [5.41, 5.74) is 0. The van der Waals surface area contributed by atoms with Crippen molar-refractivity contribution >= 4 is 11.8 Å². The lowest BCUT2D eigenvalue weighted by molar-refractivity contribution is 0.139. The molecule has 0 spiro atoms. The average Bonchev–Trinajstić information content (AvgIpc) is 2.28. The first-order valence-corrected chi connectivity index (χ1v) is 7.64. The molecule has 1 saturated heterocycles. The van der Waals surface area contributed by atoms with Crippen molar-refractivity contribution in [2.45, 2.75) is 56.4 Å². The fourth-order valence-corrected chi connectivity index (χ4v) is 4.23. The zero-order valence-electron chi connectivity index (χ0n) is 11.0. The van der Waals surface area contributed by atoms with Gasteiger partial charge in [0, 0.05) is 35.7 Å². The van der Waals surface area contributed by atoms with E-state index in [-0.39, 0.29) is 0 Å². The SMILES string of the molecule is CNC1CCC(N2CCSC(C)(C)C2)CC1. The maximum atomic E-state index is 3.42. The Morgan fingerprint density at radius 3 is 2.44 bits per heavy atom. The van der Waals surface area contributed by atoms with E-state index in [1.54, 1.807) is 0 Å². The number of hydrogen-bond donors (Lipinski definition) is 1. The molecular formula is C13H26N2S. The molecule has 2 aliphatic rings. The third kappa shape index (κ3) is 3.14. The molecule has 1 aliphatic carbocycles. The molecular weight excluding hydrogens is 216 g/mol. The smallest absolute Gasteiger partial charge is 0.0231 e. The lowest BCUT2D eigenvalue weighted by atomic mass is 9.90. The van der Waals surface area contributed by atoms with Gasteiger partial charge in [0.1, 0.15) is 0 Å². The van der Waals surface area contributed by atoms with Crippen molar-refractivity contribution in [2.24, 2.45) is 0 Å². The highest BCUT2D eigenvalue weighted by Crippen LogP contribution is 2.33. The second-order valence-corrected chi connectivity index (χ2v) is 7.67. The minimum Gasteiger partial charge on any atom is -0.317 e. The Hall–Kier alpha value is 0.270. The molecule has 16 heavy (non-hydrogen) atoms. The molecule has 0 aromatic carbocycles. The molecule has 0 amide bonds. The maximum Gasteiger partial charge on any atom is 0.0231 e. The van der Waals surface area contributed by atoms with Crippen LogP contribution in [0.25, 0.3) is 0 Å². The van der Waals surface area contributed by atoms with Crippen molar-refractivity contribution in [3.8, 4) is 0 Å². The lowest BCUT2D eigenvalue weighted by Gasteiger charge is -2.44. The Balaban J connectivity index is 1.84. The predicted molar refractivity (Wildman–Crippen MR) is 73.2 cm³/mol. The van der Waals surface area contributed by atoms with Crippen LogP contribution >= 0.6 is 11.8 Å². The third-order valence-corrected chi connectivity index (χ3v) is 5.37. The van der Waals surface area contributed by atoms with Gasteiger partial charge in [0.15, 0.2) is 0 Å². The van der Waals surface area contributed by atoms with Crippen molar-refractivity contribution in [2.75, 3.05) is 25.9 Å². The van der Waals surface area contributed by atoms with Crippen molar-refractivity contribution in [3.63, 3.8) is 0 Å². The van der Waals surface area contributed by atoms with E-state index in [1.807, 2.05) is 0 Å². The van der Waals surface area contributed by atoms with E-state index in [2.05, 4.69) is 42.9 Å². The monoisotopic (exact) mass is 242 g/mol. The number of nitrogens with zero attached hydrogens (tertiary/aromatic N) is 1. The maximum absolute atomic E-state index is 3.42. The van der Waals surface area contributed by atoms with Gasteiger partial charge in [0.2, 0.25) is 0 Å². The van der Waals surface area contributed by atoms with Crippen LogP contribution in [0.4, 0.5) is 0 Å². The van der Waals surface area contributed by atoms with Crippen molar-refractivity contribution < 1.29 is 0 Å². The molecule has 1 heterocycles. The van der Waals surface area contributed by atoms with Crippen molar-refractivity contribution in [3.05, 3.63) is 0 Å². The lowest BCUT2D eigenvalue weighted by Crippen LogP contribution is -2.50. The number of nitrogens with one attached hydrogen (secondary N) is 1. The first-order chi connectivity index (χ1) is 7.61. The summed E-state index contributed by atoms with van der Waals surface area (Å²) in [5.74, 6) is 1.32. The van der Waals surface area contributed by atoms with E-state index in [4.69, 9.17) is 0 Å². The highest BCUT2D eigenvalue weighted by atomic mass is 32.2. The van der Waals surface area contributed by atoms with Crippen LogP contribution in [-0.4, -0.2) is 47.6 Å². The molecule has 1 aliphatic heterocycles. The van der Waals surface area contributed by atoms with Gasteiger partial charge in [-0.1, -0.05) is 0 Å². The second-order valence-electron chi connectivity index (χ2n) is 5.87. The molecule has 0 atom stereocenters. The van der Waals surface area contributed by atoms with E-state index in [9.17, 15) is 0 Å². The molecule has 2 fully saturated rings. The van der Waals surface area contributed by atoms with Crippen LogP contribution in [0.2, 0.25) is 0 Å². The van der Waals surface area contributed by atoms with Crippen LogP contribution in [0.3, 0.4) is 0 Å². The molecule has 1 saturated carbocycles. The van der Waals surface area contributed by atoms with Gasteiger partial charge in [-0.25, -0.2) is 0 Å². The van der Waals surface area contributed by atoms with Gasteiger partial charge in [-0.3, -0.25) is 4.90 Å². The summed E-state index contributed by atoms with van der Waals surface area (Å²) >= 11 is 2.14. The van der Waals surface area contributed by atoms with Crippen LogP contribution in [0.5, 0.6) is 0 Å². The van der Waals surface area contributed by atoms with Gasteiger partial charge in [-0.2, -0.15) is 11.8 Å². The first-order valence-electron chi connectivity index (χ1n) is 6.66. The van der Waals surface area contributed by atoms with E-state index < -0.39 is 0 Å². The van der Waals surface area contributed by atoms with E-state index in [0.29, 0.717) is 4.75 Å². The third-order valence-electron chi connectivity index (χ3n) is 4.08. The molecule has 0 bridgehead atoms. The molecule has 94 valence electrons. The van der Waals surface area contributed by atoms with Crippen molar-refractivity contribution in [1.29, 1.82) is 0 Å². The minimum absolute atomic E-state index is 0.470. The van der Waals surface area contributed by atoms with E-state index in [1.165, 1.54) is 44.5 Å². The van der Waals surface area contributed by atoms with E-state index in [0.717, 1.165) is 12.1 Å². The van der Waals surface area contributed by atoms with Gasteiger partial charge in [0.25, 0.3) is 0 Å². The van der Waals surface area contributed by atoms with Crippen LogP contribution < -0.4 is 5.32 Å². The van der Waals surface area contributed by atoms with Gasteiger partial charge in [0.05, 0.1) is 0 Å². The summed E-state index contributed by atoms with van der Waals surface area (Å²) in [6.07, 6.45) is 5.52. The summed E-state index contributed by atoms with van der Waals surface area (Å²) in [4.78, 5) is 2.75. The molecule has 0 radical (unpaired) electrons. The topological polar surface area (TPSA) is 15.3 Å². The fourth-order valence-electron chi connectivity index (χ4n) is 3.09. The van der Waals surface area contributed by atoms with Crippen LogP contribution in [0, 0.1) is 0 Å².